The Morgan fingerprint density at radius 2 is 1.71 bits per heavy atom. The van der Waals surface area contributed by atoms with Gasteiger partial charge in [-0.2, -0.15) is 0 Å². The highest BCUT2D eigenvalue weighted by molar-refractivity contribution is 6.39. The molecule has 148 valence electrons. The van der Waals surface area contributed by atoms with Gasteiger partial charge in [0.15, 0.2) is 6.61 Å². The summed E-state index contributed by atoms with van der Waals surface area (Å²) in [5, 5.41) is 3.20. The zero-order chi connectivity index (χ0) is 20.7. The largest absolute Gasteiger partial charge is 0.483 e. The molecule has 0 atom stereocenters. The SMILES string of the molecule is CCN(CC(=O)Nc1c(Cl)cccc1Cl)C(=O)c1ccccc1OCC(N)=O. The average molecular weight is 424 g/mol. The van der Waals surface area contributed by atoms with Crippen molar-refractivity contribution < 1.29 is 19.1 Å². The molecule has 2 rings (SSSR count). The standard InChI is InChI=1S/C19H19Cl2N3O4/c1-2-24(10-17(26)23-18-13(20)7-5-8-14(18)21)19(27)12-6-3-4-9-15(12)28-11-16(22)25/h3-9H,2,10-11H2,1H3,(H2,22,25)(H,23,26). The first-order valence-electron chi connectivity index (χ1n) is 8.36. The van der Waals surface area contributed by atoms with Crippen LogP contribution in [0.3, 0.4) is 0 Å². The summed E-state index contributed by atoms with van der Waals surface area (Å²) in [4.78, 5) is 37.5. The Morgan fingerprint density at radius 1 is 1.07 bits per heavy atom. The number of halogens is 2. The van der Waals surface area contributed by atoms with Gasteiger partial charge in [0, 0.05) is 6.54 Å². The van der Waals surface area contributed by atoms with Crippen LogP contribution in [0.15, 0.2) is 42.5 Å². The lowest BCUT2D eigenvalue weighted by Gasteiger charge is -2.22. The van der Waals surface area contributed by atoms with E-state index >= 15 is 0 Å². The van der Waals surface area contributed by atoms with E-state index in [0.29, 0.717) is 10.0 Å². The number of amides is 3. The van der Waals surface area contributed by atoms with Crippen LogP contribution in [0.4, 0.5) is 5.69 Å². The van der Waals surface area contributed by atoms with Crippen molar-refractivity contribution in [2.45, 2.75) is 6.92 Å². The predicted molar refractivity (Wildman–Crippen MR) is 108 cm³/mol. The Labute approximate surface area is 172 Å². The first-order chi connectivity index (χ1) is 13.3. The first kappa shape index (κ1) is 21.5. The topological polar surface area (TPSA) is 102 Å². The number of carbonyl (C=O) groups is 3. The van der Waals surface area contributed by atoms with Crippen LogP contribution in [0.2, 0.25) is 10.0 Å². The number of ether oxygens (including phenoxy) is 1. The summed E-state index contributed by atoms with van der Waals surface area (Å²) in [6.45, 7) is 1.43. The molecular weight excluding hydrogens is 405 g/mol. The number of rotatable bonds is 8. The molecule has 9 heteroatoms. The van der Waals surface area contributed by atoms with Crippen molar-refractivity contribution in [2.75, 3.05) is 25.0 Å². The lowest BCUT2D eigenvalue weighted by Crippen LogP contribution is -2.38. The maximum Gasteiger partial charge on any atom is 0.258 e. The number of carbonyl (C=O) groups excluding carboxylic acids is 3. The van der Waals surface area contributed by atoms with Crippen LogP contribution in [0.5, 0.6) is 5.75 Å². The monoisotopic (exact) mass is 423 g/mol. The number of likely N-dealkylation sites (N-methyl/N-ethyl adjacent to an activating group) is 1. The van der Waals surface area contributed by atoms with Crippen molar-refractivity contribution in [3.8, 4) is 5.75 Å². The minimum absolute atomic E-state index is 0.208. The van der Waals surface area contributed by atoms with Gasteiger partial charge in [-0.3, -0.25) is 14.4 Å². The van der Waals surface area contributed by atoms with E-state index in [-0.39, 0.29) is 36.7 Å². The Morgan fingerprint density at radius 3 is 2.32 bits per heavy atom. The van der Waals surface area contributed by atoms with Gasteiger partial charge in [0.1, 0.15) is 12.3 Å². The molecule has 7 nitrogen and oxygen atoms in total. The van der Waals surface area contributed by atoms with Crippen molar-refractivity contribution >= 4 is 46.6 Å². The molecule has 0 spiro atoms. The van der Waals surface area contributed by atoms with Gasteiger partial charge >= 0.3 is 0 Å². The number of nitrogens with zero attached hydrogens (tertiary/aromatic N) is 1. The third-order valence-corrected chi connectivity index (χ3v) is 4.35. The molecule has 0 radical (unpaired) electrons. The average Bonchev–Trinajstić information content (AvgIpc) is 2.67. The van der Waals surface area contributed by atoms with E-state index in [0.717, 1.165) is 0 Å². The Kier molecular flexibility index (Phi) is 7.66. The van der Waals surface area contributed by atoms with Crippen molar-refractivity contribution in [3.05, 3.63) is 58.1 Å². The fourth-order valence-corrected chi connectivity index (χ4v) is 2.88. The second-order valence-corrected chi connectivity index (χ2v) is 6.53. The predicted octanol–water partition coefficient (Wildman–Crippen LogP) is 2.96. The smallest absolute Gasteiger partial charge is 0.258 e. The Hall–Kier alpha value is -2.77. The Balaban J connectivity index is 2.14. The minimum atomic E-state index is -0.661. The molecule has 0 aliphatic rings. The Bertz CT molecular complexity index is 869. The number of nitrogens with one attached hydrogen (secondary N) is 1. The number of primary amides is 1. The number of benzene rings is 2. The molecular formula is C19H19Cl2N3O4. The molecule has 2 aromatic carbocycles. The van der Waals surface area contributed by atoms with Crippen LogP contribution < -0.4 is 15.8 Å². The van der Waals surface area contributed by atoms with E-state index in [2.05, 4.69) is 5.32 Å². The number of hydrogen-bond donors (Lipinski definition) is 2. The minimum Gasteiger partial charge on any atom is -0.483 e. The molecule has 0 bridgehead atoms. The number of hydrogen-bond acceptors (Lipinski definition) is 4. The van der Waals surface area contributed by atoms with E-state index in [1.165, 1.54) is 4.90 Å². The molecule has 0 saturated heterocycles. The highest BCUT2D eigenvalue weighted by atomic mass is 35.5. The van der Waals surface area contributed by atoms with Crippen LogP contribution in [0.25, 0.3) is 0 Å². The maximum atomic E-state index is 12.9. The highest BCUT2D eigenvalue weighted by Crippen LogP contribution is 2.29. The van der Waals surface area contributed by atoms with Gasteiger partial charge in [-0.15, -0.1) is 0 Å². The first-order valence-corrected chi connectivity index (χ1v) is 9.12. The van der Waals surface area contributed by atoms with Crippen LogP contribution in [-0.4, -0.2) is 42.3 Å². The molecule has 0 saturated carbocycles. The summed E-state index contributed by atoms with van der Waals surface area (Å²) in [7, 11) is 0. The summed E-state index contributed by atoms with van der Waals surface area (Å²) >= 11 is 12.1. The van der Waals surface area contributed by atoms with Crippen molar-refractivity contribution in [1.29, 1.82) is 0 Å². The van der Waals surface area contributed by atoms with E-state index < -0.39 is 17.7 Å². The highest BCUT2D eigenvalue weighted by Gasteiger charge is 2.21. The molecule has 0 aliphatic carbocycles. The molecule has 0 heterocycles. The third kappa shape index (κ3) is 5.61. The van der Waals surface area contributed by atoms with Crippen LogP contribution in [0, 0.1) is 0 Å². The number of para-hydroxylation sites is 2. The van der Waals surface area contributed by atoms with Crippen molar-refractivity contribution in [1.82, 2.24) is 4.90 Å². The summed E-state index contributed by atoms with van der Waals surface area (Å²) in [5.74, 6) is -1.34. The van der Waals surface area contributed by atoms with E-state index in [1.54, 1.807) is 49.4 Å². The lowest BCUT2D eigenvalue weighted by atomic mass is 10.1. The number of anilines is 1. The zero-order valence-electron chi connectivity index (χ0n) is 15.1. The zero-order valence-corrected chi connectivity index (χ0v) is 16.6. The van der Waals surface area contributed by atoms with Gasteiger partial charge in [0.05, 0.1) is 21.3 Å². The second-order valence-electron chi connectivity index (χ2n) is 5.72. The third-order valence-electron chi connectivity index (χ3n) is 3.72. The van der Waals surface area contributed by atoms with E-state index in [4.69, 9.17) is 33.7 Å². The molecule has 0 fully saturated rings. The van der Waals surface area contributed by atoms with Crippen molar-refractivity contribution in [2.24, 2.45) is 5.73 Å². The molecule has 0 unspecified atom stereocenters. The normalized spacial score (nSPS) is 10.2. The van der Waals surface area contributed by atoms with Crippen LogP contribution in [-0.2, 0) is 9.59 Å². The lowest BCUT2D eigenvalue weighted by molar-refractivity contribution is -0.120. The molecule has 3 N–H and O–H groups in total. The van der Waals surface area contributed by atoms with E-state index in [1.807, 2.05) is 0 Å². The van der Waals surface area contributed by atoms with Gasteiger partial charge in [-0.05, 0) is 31.2 Å². The fourth-order valence-electron chi connectivity index (χ4n) is 2.39. The maximum absolute atomic E-state index is 12.9. The quantitative estimate of drug-likeness (QED) is 0.680. The van der Waals surface area contributed by atoms with Gasteiger partial charge in [0.25, 0.3) is 11.8 Å². The van der Waals surface area contributed by atoms with Gasteiger partial charge in [-0.1, -0.05) is 41.4 Å². The summed E-state index contributed by atoms with van der Waals surface area (Å²) < 4.78 is 5.29. The summed E-state index contributed by atoms with van der Waals surface area (Å²) in [6, 6.07) is 11.3. The molecule has 0 aromatic heterocycles. The van der Waals surface area contributed by atoms with E-state index in [9.17, 15) is 14.4 Å². The second kappa shape index (κ2) is 9.96. The van der Waals surface area contributed by atoms with Crippen LogP contribution >= 0.6 is 23.2 Å². The van der Waals surface area contributed by atoms with Gasteiger partial charge in [0.2, 0.25) is 5.91 Å². The van der Waals surface area contributed by atoms with Gasteiger partial charge in [-0.25, -0.2) is 0 Å². The summed E-state index contributed by atoms with van der Waals surface area (Å²) in [6.07, 6.45) is 0. The van der Waals surface area contributed by atoms with Gasteiger partial charge < -0.3 is 20.7 Å². The molecule has 3 amide bonds. The molecule has 2 aromatic rings. The summed E-state index contributed by atoms with van der Waals surface area (Å²) in [5.41, 5.74) is 5.58. The number of nitrogens with two attached hydrogens (primary N) is 1. The molecule has 0 aliphatic heterocycles. The fraction of sp³-hybridized carbons (Fsp3) is 0.211. The van der Waals surface area contributed by atoms with Crippen LogP contribution in [0.1, 0.15) is 17.3 Å². The van der Waals surface area contributed by atoms with Crippen molar-refractivity contribution in [3.63, 3.8) is 0 Å². The molecule has 28 heavy (non-hydrogen) atoms.